The molecule has 0 aliphatic rings. The molecule has 0 aliphatic heterocycles. The van der Waals surface area contributed by atoms with Crippen LogP contribution in [-0.4, -0.2) is 96.4 Å². The number of rotatable bonds is 10. The molecule has 1 atom stereocenters. The topological polar surface area (TPSA) is 149 Å². The van der Waals surface area contributed by atoms with Crippen LogP contribution in [0.25, 0.3) is 0 Å². The Labute approximate surface area is 254 Å². The zero-order valence-corrected chi connectivity index (χ0v) is 25.5. The lowest BCUT2D eigenvalue weighted by atomic mass is 10.1. The number of likely N-dealkylation sites (N-methyl/N-ethyl adjacent to an activating group) is 1. The van der Waals surface area contributed by atoms with Gasteiger partial charge in [0.1, 0.15) is 13.2 Å². The SMILES string of the molecule is COCCOC(=O)C(OC(=O)CN(C)C(C)=O)OC(=O)N(C(=O)c1ccc(Cl)cc1)N(C(=O)c1ccccc1)C(C)(C)C. The molecule has 1 unspecified atom stereocenters. The second-order valence-corrected chi connectivity index (χ2v) is 10.5. The summed E-state index contributed by atoms with van der Waals surface area (Å²) in [6, 6.07) is 13.3. The number of esters is 2. The molecule has 0 N–H and O–H groups in total. The maximum atomic E-state index is 13.8. The van der Waals surface area contributed by atoms with Gasteiger partial charge in [-0.2, -0.15) is 0 Å². The molecule has 43 heavy (non-hydrogen) atoms. The van der Waals surface area contributed by atoms with Gasteiger partial charge in [0.05, 0.1) is 12.1 Å². The Morgan fingerprint density at radius 1 is 0.837 bits per heavy atom. The van der Waals surface area contributed by atoms with Crippen molar-refractivity contribution in [1.29, 1.82) is 0 Å². The summed E-state index contributed by atoms with van der Waals surface area (Å²) in [6.07, 6.45) is -3.85. The highest BCUT2D eigenvalue weighted by molar-refractivity contribution is 6.30. The van der Waals surface area contributed by atoms with E-state index in [0.717, 1.165) is 9.91 Å². The van der Waals surface area contributed by atoms with Crippen LogP contribution in [0.1, 0.15) is 48.4 Å². The third-order valence-electron chi connectivity index (χ3n) is 5.58. The van der Waals surface area contributed by atoms with E-state index in [0.29, 0.717) is 10.0 Å². The number of hydrogen-bond acceptors (Lipinski definition) is 10. The maximum absolute atomic E-state index is 13.8. The Morgan fingerprint density at radius 3 is 1.95 bits per heavy atom. The first-order chi connectivity index (χ1) is 20.2. The van der Waals surface area contributed by atoms with E-state index in [-0.39, 0.29) is 24.3 Å². The number of nitrogens with zero attached hydrogens (tertiary/aromatic N) is 3. The van der Waals surface area contributed by atoms with Crippen molar-refractivity contribution in [1.82, 2.24) is 14.9 Å². The summed E-state index contributed by atoms with van der Waals surface area (Å²) in [7, 11) is 2.67. The lowest BCUT2D eigenvalue weighted by Gasteiger charge is -2.41. The van der Waals surface area contributed by atoms with Crippen molar-refractivity contribution in [2.24, 2.45) is 0 Å². The molecule has 232 valence electrons. The van der Waals surface area contributed by atoms with Crippen molar-refractivity contribution in [2.75, 3.05) is 33.9 Å². The zero-order chi connectivity index (χ0) is 32.3. The number of halogens is 1. The van der Waals surface area contributed by atoms with Crippen LogP contribution in [-0.2, 0) is 33.3 Å². The normalized spacial score (nSPS) is 11.5. The first-order valence-electron chi connectivity index (χ1n) is 12.9. The Hall–Kier alpha value is -4.49. The van der Waals surface area contributed by atoms with E-state index < -0.39 is 54.1 Å². The van der Waals surface area contributed by atoms with Gasteiger partial charge in [-0.3, -0.25) is 19.2 Å². The lowest BCUT2D eigenvalue weighted by Crippen LogP contribution is -2.61. The summed E-state index contributed by atoms with van der Waals surface area (Å²) < 4.78 is 20.1. The van der Waals surface area contributed by atoms with Crippen molar-refractivity contribution in [3.63, 3.8) is 0 Å². The van der Waals surface area contributed by atoms with Crippen molar-refractivity contribution in [2.45, 2.75) is 39.5 Å². The molecule has 0 saturated heterocycles. The number of hydrogen-bond donors (Lipinski definition) is 0. The average molecular weight is 620 g/mol. The van der Waals surface area contributed by atoms with Gasteiger partial charge < -0.3 is 23.8 Å². The van der Waals surface area contributed by atoms with Crippen LogP contribution in [0.5, 0.6) is 0 Å². The van der Waals surface area contributed by atoms with Gasteiger partial charge in [-0.25, -0.2) is 14.6 Å². The monoisotopic (exact) mass is 619 g/mol. The zero-order valence-electron chi connectivity index (χ0n) is 24.7. The minimum Gasteiger partial charge on any atom is -0.458 e. The largest absolute Gasteiger partial charge is 0.458 e. The van der Waals surface area contributed by atoms with Crippen LogP contribution in [0.3, 0.4) is 0 Å². The molecular formula is C29H34ClN3O10. The summed E-state index contributed by atoms with van der Waals surface area (Å²) in [5, 5.41) is 1.57. The standard InChI is InChI=1S/C29H34ClN3O10/c1-19(34)31(5)18-23(35)42-27(26(38)41-17-16-40-6)43-28(39)32(24(36)21-12-14-22(30)15-13-21)33(29(2,3)4)25(37)20-10-8-7-9-11-20/h7-15,27H,16-18H2,1-6H3. The molecule has 0 aromatic heterocycles. The van der Waals surface area contributed by atoms with Crippen molar-refractivity contribution in [3.8, 4) is 0 Å². The average Bonchev–Trinajstić information content (AvgIpc) is 2.94. The second kappa shape index (κ2) is 15.7. The summed E-state index contributed by atoms with van der Waals surface area (Å²) in [5.41, 5.74) is -1.15. The smallest absolute Gasteiger partial charge is 0.440 e. The molecule has 0 spiro atoms. The van der Waals surface area contributed by atoms with Crippen molar-refractivity contribution < 1.29 is 47.7 Å². The minimum absolute atomic E-state index is 0.0298. The predicted molar refractivity (Wildman–Crippen MR) is 152 cm³/mol. The van der Waals surface area contributed by atoms with Gasteiger partial charge in [-0.05, 0) is 57.2 Å². The molecule has 0 heterocycles. The van der Waals surface area contributed by atoms with Crippen LogP contribution in [0.2, 0.25) is 5.02 Å². The fraction of sp³-hybridized carbons (Fsp3) is 0.379. The molecule has 0 fully saturated rings. The lowest BCUT2D eigenvalue weighted by molar-refractivity contribution is -0.195. The Bertz CT molecular complexity index is 1310. The van der Waals surface area contributed by atoms with Crippen molar-refractivity contribution in [3.05, 3.63) is 70.7 Å². The van der Waals surface area contributed by atoms with Gasteiger partial charge in [0.2, 0.25) is 5.91 Å². The number of imide groups is 1. The highest BCUT2D eigenvalue weighted by Gasteiger charge is 2.43. The van der Waals surface area contributed by atoms with Gasteiger partial charge in [0.25, 0.3) is 11.8 Å². The van der Waals surface area contributed by atoms with E-state index in [2.05, 4.69) is 0 Å². The van der Waals surface area contributed by atoms with E-state index in [1.807, 2.05) is 0 Å². The minimum atomic E-state index is -2.31. The Morgan fingerprint density at radius 2 is 1.42 bits per heavy atom. The molecular weight excluding hydrogens is 586 g/mol. The predicted octanol–water partition coefficient (Wildman–Crippen LogP) is 3.31. The van der Waals surface area contributed by atoms with E-state index in [4.69, 9.17) is 30.5 Å². The molecule has 0 saturated carbocycles. The number of ether oxygens (including phenoxy) is 4. The first-order valence-corrected chi connectivity index (χ1v) is 13.3. The van der Waals surface area contributed by atoms with E-state index in [1.54, 1.807) is 39.0 Å². The van der Waals surface area contributed by atoms with Crippen molar-refractivity contribution >= 4 is 47.4 Å². The number of amides is 4. The summed E-state index contributed by atoms with van der Waals surface area (Å²) >= 11 is 5.97. The van der Waals surface area contributed by atoms with E-state index >= 15 is 0 Å². The first kappa shape index (κ1) is 34.7. The molecule has 2 aromatic carbocycles. The Balaban J connectivity index is 2.56. The second-order valence-electron chi connectivity index (χ2n) is 10.0. The van der Waals surface area contributed by atoms with Gasteiger partial charge in [0.15, 0.2) is 0 Å². The van der Waals surface area contributed by atoms with E-state index in [1.165, 1.54) is 57.5 Å². The molecule has 4 amide bonds. The third-order valence-corrected chi connectivity index (χ3v) is 5.83. The highest BCUT2D eigenvalue weighted by Crippen LogP contribution is 2.24. The molecule has 14 heteroatoms. The van der Waals surface area contributed by atoms with E-state index in [9.17, 15) is 28.8 Å². The fourth-order valence-electron chi connectivity index (χ4n) is 3.39. The summed E-state index contributed by atoms with van der Waals surface area (Å²) in [5.74, 6) is -4.68. The number of methoxy groups -OCH3 is 1. The summed E-state index contributed by atoms with van der Waals surface area (Å²) in [6.45, 7) is 4.99. The molecule has 0 aliphatic carbocycles. The van der Waals surface area contributed by atoms with Crippen LogP contribution in [0.4, 0.5) is 4.79 Å². The van der Waals surface area contributed by atoms with Crippen LogP contribution in [0.15, 0.2) is 54.6 Å². The number of carbonyl (C=O) groups is 6. The quantitative estimate of drug-likeness (QED) is 0.168. The molecule has 13 nitrogen and oxygen atoms in total. The third kappa shape index (κ3) is 10.1. The van der Waals surface area contributed by atoms with Gasteiger partial charge in [0, 0.05) is 37.2 Å². The summed E-state index contributed by atoms with van der Waals surface area (Å²) in [4.78, 5) is 79.3. The van der Waals surface area contributed by atoms with Gasteiger partial charge in [-0.1, -0.05) is 29.8 Å². The van der Waals surface area contributed by atoms with Crippen LogP contribution >= 0.6 is 11.6 Å². The van der Waals surface area contributed by atoms with Gasteiger partial charge in [-0.15, -0.1) is 5.01 Å². The molecule has 2 aromatic rings. The molecule has 0 radical (unpaired) electrons. The number of carbonyl (C=O) groups excluding carboxylic acids is 6. The van der Waals surface area contributed by atoms with Crippen LogP contribution in [0, 0.1) is 0 Å². The number of benzene rings is 2. The Kier molecular flexibility index (Phi) is 12.6. The molecule has 0 bridgehead atoms. The van der Waals surface area contributed by atoms with Crippen LogP contribution < -0.4 is 0 Å². The number of hydrazine groups is 1. The van der Waals surface area contributed by atoms with Gasteiger partial charge >= 0.3 is 24.3 Å². The molecule has 2 rings (SSSR count). The maximum Gasteiger partial charge on any atom is 0.440 e. The highest BCUT2D eigenvalue weighted by atomic mass is 35.5. The fourth-order valence-corrected chi connectivity index (χ4v) is 3.51.